The number of nitrogens with zero attached hydrogens (tertiary/aromatic N) is 3. The lowest BCUT2D eigenvalue weighted by molar-refractivity contribution is 0.187. The van der Waals surface area contributed by atoms with Crippen LogP contribution in [0.1, 0.15) is 44.7 Å². The van der Waals surface area contributed by atoms with E-state index in [-0.39, 0.29) is 24.0 Å². The van der Waals surface area contributed by atoms with Crippen LogP contribution in [0.3, 0.4) is 0 Å². The Kier molecular flexibility index (Phi) is 11.1. The van der Waals surface area contributed by atoms with Gasteiger partial charge in [0.1, 0.15) is 0 Å². The number of rotatable bonds is 7. The lowest BCUT2D eigenvalue weighted by Crippen LogP contribution is -2.49. The quantitative estimate of drug-likeness (QED) is 0.363. The standard InChI is InChI=1S/C20H35N5.HI/c1-5-22-20(23-11-7-18-6-10-21-14-17(18)4)24-19-8-12-25(13-9-19)15-16(2)3;/h6,10,14,16,19H,5,7-9,11-13,15H2,1-4H3,(H2,22,23,24);1H. The Morgan fingerprint density at radius 3 is 2.69 bits per heavy atom. The van der Waals surface area contributed by atoms with E-state index in [9.17, 15) is 0 Å². The fraction of sp³-hybridized carbons (Fsp3) is 0.700. The highest BCUT2D eigenvalue weighted by Gasteiger charge is 2.20. The first-order valence-electron chi connectivity index (χ1n) is 9.75. The summed E-state index contributed by atoms with van der Waals surface area (Å²) in [5.41, 5.74) is 2.57. The minimum Gasteiger partial charge on any atom is -0.357 e. The monoisotopic (exact) mass is 473 g/mol. The van der Waals surface area contributed by atoms with Gasteiger partial charge in [0, 0.05) is 51.2 Å². The number of aromatic nitrogens is 1. The summed E-state index contributed by atoms with van der Waals surface area (Å²) < 4.78 is 0. The average Bonchev–Trinajstić information content (AvgIpc) is 2.58. The molecule has 1 saturated heterocycles. The molecule has 26 heavy (non-hydrogen) atoms. The van der Waals surface area contributed by atoms with Crippen LogP contribution >= 0.6 is 24.0 Å². The lowest BCUT2D eigenvalue weighted by atomic mass is 10.0. The van der Waals surface area contributed by atoms with Gasteiger partial charge in [-0.05, 0) is 56.2 Å². The van der Waals surface area contributed by atoms with E-state index in [2.05, 4.69) is 54.3 Å². The molecule has 1 aromatic heterocycles. The van der Waals surface area contributed by atoms with Crippen LogP contribution in [0.5, 0.6) is 0 Å². The summed E-state index contributed by atoms with van der Waals surface area (Å²) in [6, 6.07) is 2.62. The van der Waals surface area contributed by atoms with E-state index in [0.29, 0.717) is 6.04 Å². The van der Waals surface area contributed by atoms with Crippen LogP contribution in [0.2, 0.25) is 0 Å². The van der Waals surface area contributed by atoms with Gasteiger partial charge in [-0.3, -0.25) is 9.98 Å². The first-order chi connectivity index (χ1) is 12.1. The van der Waals surface area contributed by atoms with Crippen LogP contribution in [0, 0.1) is 12.8 Å². The molecule has 0 aliphatic carbocycles. The summed E-state index contributed by atoms with van der Waals surface area (Å²) >= 11 is 0. The number of aryl methyl sites for hydroxylation is 1. The Bertz CT molecular complexity index is 539. The van der Waals surface area contributed by atoms with Crippen LogP contribution in [0.15, 0.2) is 23.5 Å². The smallest absolute Gasteiger partial charge is 0.191 e. The SMILES string of the molecule is CCNC(=NCCc1ccncc1C)NC1CCN(CC(C)C)CC1.I. The maximum absolute atomic E-state index is 4.77. The molecule has 2 rings (SSSR count). The van der Waals surface area contributed by atoms with Gasteiger partial charge in [-0.25, -0.2) is 0 Å². The summed E-state index contributed by atoms with van der Waals surface area (Å²) in [6.45, 7) is 14.1. The van der Waals surface area contributed by atoms with Crippen molar-refractivity contribution in [2.24, 2.45) is 10.9 Å². The second-order valence-corrected chi connectivity index (χ2v) is 7.43. The zero-order chi connectivity index (χ0) is 18.1. The summed E-state index contributed by atoms with van der Waals surface area (Å²) in [6.07, 6.45) is 7.13. The molecule has 0 bridgehead atoms. The first kappa shape index (κ1) is 23.1. The largest absolute Gasteiger partial charge is 0.357 e. The number of hydrogen-bond acceptors (Lipinski definition) is 3. The average molecular weight is 473 g/mol. The number of halogens is 1. The highest BCUT2D eigenvalue weighted by atomic mass is 127. The van der Waals surface area contributed by atoms with Gasteiger partial charge in [0.15, 0.2) is 5.96 Å². The molecule has 0 aromatic carbocycles. The molecule has 0 radical (unpaired) electrons. The predicted molar refractivity (Wildman–Crippen MR) is 122 cm³/mol. The molecule has 0 atom stereocenters. The van der Waals surface area contributed by atoms with E-state index in [4.69, 9.17) is 4.99 Å². The van der Waals surface area contributed by atoms with Crippen molar-refractivity contribution in [3.63, 3.8) is 0 Å². The van der Waals surface area contributed by atoms with Crippen molar-refractivity contribution in [3.05, 3.63) is 29.6 Å². The van der Waals surface area contributed by atoms with Gasteiger partial charge in [0.25, 0.3) is 0 Å². The maximum atomic E-state index is 4.77. The second kappa shape index (κ2) is 12.5. The van der Waals surface area contributed by atoms with E-state index in [1.165, 1.54) is 43.6 Å². The summed E-state index contributed by atoms with van der Waals surface area (Å²) in [5, 5.41) is 7.02. The highest BCUT2D eigenvalue weighted by Crippen LogP contribution is 2.12. The third-order valence-electron chi connectivity index (χ3n) is 4.68. The maximum Gasteiger partial charge on any atom is 0.191 e. The van der Waals surface area contributed by atoms with Gasteiger partial charge in [0.2, 0.25) is 0 Å². The van der Waals surface area contributed by atoms with Crippen LogP contribution < -0.4 is 10.6 Å². The van der Waals surface area contributed by atoms with Gasteiger partial charge >= 0.3 is 0 Å². The van der Waals surface area contributed by atoms with Crippen molar-refractivity contribution in [1.82, 2.24) is 20.5 Å². The van der Waals surface area contributed by atoms with Crippen molar-refractivity contribution >= 4 is 29.9 Å². The topological polar surface area (TPSA) is 52.6 Å². The molecule has 5 nitrogen and oxygen atoms in total. The highest BCUT2D eigenvalue weighted by molar-refractivity contribution is 14.0. The number of pyridine rings is 1. The molecule has 0 saturated carbocycles. The third kappa shape index (κ3) is 8.20. The van der Waals surface area contributed by atoms with Crippen molar-refractivity contribution in [2.45, 2.75) is 53.0 Å². The first-order valence-corrected chi connectivity index (χ1v) is 9.75. The van der Waals surface area contributed by atoms with Gasteiger partial charge in [0.05, 0.1) is 0 Å². The molecular weight excluding hydrogens is 437 g/mol. The normalized spacial score (nSPS) is 16.4. The number of nitrogens with one attached hydrogen (secondary N) is 2. The molecule has 1 aliphatic heterocycles. The number of likely N-dealkylation sites (tertiary alicyclic amines) is 1. The molecule has 1 aromatic rings. The molecule has 1 aliphatic rings. The Balaban J connectivity index is 0.00000338. The number of hydrogen-bond donors (Lipinski definition) is 2. The summed E-state index contributed by atoms with van der Waals surface area (Å²) in [5.74, 6) is 1.71. The van der Waals surface area contributed by atoms with Crippen LogP contribution in [0.25, 0.3) is 0 Å². The van der Waals surface area contributed by atoms with Gasteiger partial charge in [-0.1, -0.05) is 13.8 Å². The van der Waals surface area contributed by atoms with Crippen LogP contribution in [-0.4, -0.2) is 54.6 Å². The Hall–Kier alpha value is -0.890. The molecule has 2 heterocycles. The molecule has 148 valence electrons. The Labute approximate surface area is 176 Å². The molecule has 0 unspecified atom stereocenters. The number of aliphatic imine (C=N–C) groups is 1. The molecular formula is C20H36IN5. The molecule has 1 fully saturated rings. The number of guanidine groups is 1. The van der Waals surface area contributed by atoms with Gasteiger partial charge < -0.3 is 15.5 Å². The fourth-order valence-electron chi connectivity index (χ4n) is 3.36. The summed E-state index contributed by atoms with van der Waals surface area (Å²) in [7, 11) is 0. The van der Waals surface area contributed by atoms with E-state index in [1.54, 1.807) is 0 Å². The molecule has 2 N–H and O–H groups in total. The van der Waals surface area contributed by atoms with Crippen molar-refractivity contribution in [3.8, 4) is 0 Å². The van der Waals surface area contributed by atoms with Gasteiger partial charge in [-0.15, -0.1) is 24.0 Å². The lowest BCUT2D eigenvalue weighted by Gasteiger charge is -2.34. The van der Waals surface area contributed by atoms with E-state index < -0.39 is 0 Å². The van der Waals surface area contributed by atoms with Gasteiger partial charge in [-0.2, -0.15) is 0 Å². The predicted octanol–water partition coefficient (Wildman–Crippen LogP) is 3.23. The third-order valence-corrected chi connectivity index (χ3v) is 4.68. The van der Waals surface area contributed by atoms with E-state index >= 15 is 0 Å². The Morgan fingerprint density at radius 1 is 1.35 bits per heavy atom. The van der Waals surface area contributed by atoms with Crippen molar-refractivity contribution < 1.29 is 0 Å². The van der Waals surface area contributed by atoms with Crippen molar-refractivity contribution in [1.29, 1.82) is 0 Å². The minimum atomic E-state index is 0. The van der Waals surface area contributed by atoms with Crippen LogP contribution in [0.4, 0.5) is 0 Å². The number of piperidine rings is 1. The molecule has 0 spiro atoms. The molecule has 0 amide bonds. The van der Waals surface area contributed by atoms with Crippen LogP contribution in [-0.2, 0) is 6.42 Å². The zero-order valence-corrected chi connectivity index (χ0v) is 19.1. The zero-order valence-electron chi connectivity index (χ0n) is 16.8. The Morgan fingerprint density at radius 2 is 2.08 bits per heavy atom. The van der Waals surface area contributed by atoms with E-state index in [0.717, 1.165) is 31.4 Å². The minimum absolute atomic E-state index is 0. The fourth-order valence-corrected chi connectivity index (χ4v) is 3.36. The summed E-state index contributed by atoms with van der Waals surface area (Å²) in [4.78, 5) is 11.5. The molecule has 6 heteroatoms. The van der Waals surface area contributed by atoms with E-state index in [1.807, 2.05) is 12.4 Å². The van der Waals surface area contributed by atoms with Crippen molar-refractivity contribution in [2.75, 3.05) is 32.7 Å². The second-order valence-electron chi connectivity index (χ2n) is 7.43.